The van der Waals surface area contributed by atoms with Crippen molar-refractivity contribution in [2.75, 3.05) is 17.2 Å². The number of carbonyl (C=O) groups is 1. The number of amides is 1. The summed E-state index contributed by atoms with van der Waals surface area (Å²) in [6, 6.07) is 14.4. The van der Waals surface area contributed by atoms with Gasteiger partial charge in [0, 0.05) is 29.7 Å². The molecule has 2 aromatic heterocycles. The minimum Gasteiger partial charge on any atom is -0.370 e. The fourth-order valence-electron chi connectivity index (χ4n) is 4.23. The van der Waals surface area contributed by atoms with Crippen LogP contribution in [-0.4, -0.2) is 27.0 Å². The lowest BCUT2D eigenvalue weighted by Crippen LogP contribution is -2.19. The van der Waals surface area contributed by atoms with Gasteiger partial charge in [-0.15, -0.1) is 0 Å². The zero-order valence-corrected chi connectivity index (χ0v) is 17.7. The predicted molar refractivity (Wildman–Crippen MR) is 123 cm³/mol. The van der Waals surface area contributed by atoms with E-state index in [4.69, 9.17) is 15.7 Å². The number of anilines is 2. The molecule has 162 valence electrons. The number of benzene rings is 2. The van der Waals surface area contributed by atoms with E-state index < -0.39 is 11.7 Å². The summed E-state index contributed by atoms with van der Waals surface area (Å²) in [6.45, 7) is 3.32. The molecule has 4 aromatic rings. The molecular weight excluding hydrogens is 407 g/mol. The van der Waals surface area contributed by atoms with Crippen LogP contribution >= 0.6 is 0 Å². The van der Waals surface area contributed by atoms with Gasteiger partial charge in [-0.05, 0) is 43.5 Å². The molecule has 1 amide bonds. The molecule has 0 spiro atoms. The molecule has 0 atom stereocenters. The van der Waals surface area contributed by atoms with E-state index in [1.165, 1.54) is 6.07 Å². The molecule has 7 nitrogen and oxygen atoms in total. The lowest BCUT2D eigenvalue weighted by Gasteiger charge is -2.22. The standard InChI is InChI=1S/C24H23FN6O/c1-14-10-18-19(21(26)32)11-16(25)12-20(18)31(14)24-29-22-17(8-5-9-27-22)23(30-24)28-13-15-6-3-2-4-7-15/h2-4,6-7,10-12H,5,8-9,13H2,1H3,(H2,26,32)(H2,27,28,29,30). The van der Waals surface area contributed by atoms with Crippen LogP contribution in [0.5, 0.6) is 0 Å². The molecule has 0 saturated carbocycles. The van der Waals surface area contributed by atoms with Crippen LogP contribution in [0.15, 0.2) is 48.5 Å². The predicted octanol–water partition coefficient (Wildman–Crippen LogP) is 3.94. The quantitative estimate of drug-likeness (QED) is 0.446. The second-order valence-corrected chi connectivity index (χ2v) is 7.94. The van der Waals surface area contributed by atoms with Gasteiger partial charge in [-0.2, -0.15) is 9.97 Å². The Morgan fingerprint density at radius 3 is 2.81 bits per heavy atom. The highest BCUT2D eigenvalue weighted by Crippen LogP contribution is 2.31. The highest BCUT2D eigenvalue weighted by atomic mass is 19.1. The summed E-state index contributed by atoms with van der Waals surface area (Å²) in [6.07, 6.45) is 1.86. The van der Waals surface area contributed by atoms with Crippen LogP contribution in [0.4, 0.5) is 16.0 Å². The van der Waals surface area contributed by atoms with E-state index in [1.807, 2.05) is 31.2 Å². The molecule has 0 unspecified atom stereocenters. The highest BCUT2D eigenvalue weighted by molar-refractivity contribution is 6.06. The second kappa shape index (κ2) is 7.96. The molecular formula is C24H23FN6O. The maximum Gasteiger partial charge on any atom is 0.249 e. The van der Waals surface area contributed by atoms with E-state index in [0.717, 1.165) is 53.9 Å². The average molecular weight is 430 g/mol. The number of fused-ring (bicyclic) bond motifs is 2. The minimum absolute atomic E-state index is 0.139. The lowest BCUT2D eigenvalue weighted by molar-refractivity contribution is 0.100. The van der Waals surface area contributed by atoms with Crippen LogP contribution in [0.25, 0.3) is 16.9 Å². The van der Waals surface area contributed by atoms with Crippen LogP contribution < -0.4 is 16.4 Å². The number of hydrogen-bond acceptors (Lipinski definition) is 5. The Hall–Kier alpha value is -3.94. The summed E-state index contributed by atoms with van der Waals surface area (Å²) in [5, 5.41) is 7.38. The van der Waals surface area contributed by atoms with Crippen LogP contribution in [0.3, 0.4) is 0 Å². The van der Waals surface area contributed by atoms with Gasteiger partial charge in [-0.25, -0.2) is 4.39 Å². The molecule has 8 heteroatoms. The molecule has 0 saturated heterocycles. The summed E-state index contributed by atoms with van der Waals surface area (Å²) < 4.78 is 16.1. The Bertz CT molecular complexity index is 1330. The molecule has 1 aliphatic rings. The number of halogens is 1. The van der Waals surface area contributed by atoms with Crippen LogP contribution in [0.1, 0.15) is 33.6 Å². The number of aromatic nitrogens is 3. The third kappa shape index (κ3) is 3.53. The van der Waals surface area contributed by atoms with Crippen LogP contribution in [-0.2, 0) is 13.0 Å². The molecule has 3 heterocycles. The fraction of sp³-hybridized carbons (Fsp3) is 0.208. The first kappa shape index (κ1) is 20.0. The summed E-state index contributed by atoms with van der Waals surface area (Å²) in [5.41, 5.74) is 9.08. The Kier molecular flexibility index (Phi) is 4.97. The maximum absolute atomic E-state index is 14.3. The average Bonchev–Trinajstić information content (AvgIpc) is 3.12. The number of nitrogens with two attached hydrogens (primary N) is 1. The van der Waals surface area contributed by atoms with Crippen molar-refractivity contribution in [3.8, 4) is 5.95 Å². The first-order valence-electron chi connectivity index (χ1n) is 10.6. The van der Waals surface area contributed by atoms with Gasteiger partial charge in [0.25, 0.3) is 0 Å². The van der Waals surface area contributed by atoms with E-state index in [1.54, 1.807) is 4.57 Å². The highest BCUT2D eigenvalue weighted by Gasteiger charge is 2.22. The number of nitrogens with one attached hydrogen (secondary N) is 2. The summed E-state index contributed by atoms with van der Waals surface area (Å²) >= 11 is 0. The largest absolute Gasteiger partial charge is 0.370 e. The number of nitrogens with zero attached hydrogens (tertiary/aromatic N) is 3. The van der Waals surface area contributed by atoms with E-state index in [2.05, 4.69) is 22.8 Å². The van der Waals surface area contributed by atoms with Crippen molar-refractivity contribution >= 4 is 28.4 Å². The van der Waals surface area contributed by atoms with Gasteiger partial charge < -0.3 is 16.4 Å². The molecule has 2 aromatic carbocycles. The van der Waals surface area contributed by atoms with Gasteiger partial charge in [0.05, 0.1) is 11.1 Å². The zero-order chi connectivity index (χ0) is 22.2. The first-order valence-corrected chi connectivity index (χ1v) is 10.6. The number of primary amides is 1. The minimum atomic E-state index is -0.676. The lowest BCUT2D eigenvalue weighted by atomic mass is 10.1. The van der Waals surface area contributed by atoms with Crippen molar-refractivity contribution in [2.45, 2.75) is 26.3 Å². The molecule has 4 N–H and O–H groups in total. The van der Waals surface area contributed by atoms with Gasteiger partial charge in [0.15, 0.2) is 0 Å². The monoisotopic (exact) mass is 430 g/mol. The van der Waals surface area contributed by atoms with Gasteiger partial charge in [0.1, 0.15) is 17.5 Å². The SMILES string of the molecule is Cc1cc2c(C(N)=O)cc(F)cc2n1-c1nc2c(c(NCc3ccccc3)n1)CCCN2. The fourth-order valence-corrected chi connectivity index (χ4v) is 4.23. The van der Waals surface area contributed by atoms with Gasteiger partial charge in [-0.1, -0.05) is 30.3 Å². The Balaban J connectivity index is 1.65. The molecule has 0 fully saturated rings. The summed E-state index contributed by atoms with van der Waals surface area (Å²) in [4.78, 5) is 21.5. The van der Waals surface area contributed by atoms with Gasteiger partial charge in [-0.3, -0.25) is 9.36 Å². The first-order chi connectivity index (χ1) is 15.5. The van der Waals surface area contributed by atoms with Crippen LogP contribution in [0, 0.1) is 12.7 Å². The van der Waals surface area contributed by atoms with E-state index in [-0.39, 0.29) is 5.56 Å². The Morgan fingerprint density at radius 2 is 2.03 bits per heavy atom. The van der Waals surface area contributed by atoms with Crippen LogP contribution in [0.2, 0.25) is 0 Å². The normalized spacial score (nSPS) is 12.9. The molecule has 0 radical (unpaired) electrons. The van der Waals surface area contributed by atoms with Crippen molar-refractivity contribution in [1.29, 1.82) is 0 Å². The van der Waals surface area contributed by atoms with Crippen molar-refractivity contribution in [2.24, 2.45) is 5.73 Å². The summed E-state index contributed by atoms with van der Waals surface area (Å²) in [7, 11) is 0. The zero-order valence-electron chi connectivity index (χ0n) is 17.7. The molecule has 0 aliphatic carbocycles. The molecule has 0 bridgehead atoms. The summed E-state index contributed by atoms with van der Waals surface area (Å²) in [5.74, 6) is 0.703. The Morgan fingerprint density at radius 1 is 1.22 bits per heavy atom. The van der Waals surface area contributed by atoms with Crippen molar-refractivity contribution in [3.63, 3.8) is 0 Å². The molecule has 32 heavy (non-hydrogen) atoms. The van der Waals surface area contributed by atoms with E-state index in [9.17, 15) is 9.18 Å². The van der Waals surface area contributed by atoms with Crippen molar-refractivity contribution in [1.82, 2.24) is 14.5 Å². The van der Waals surface area contributed by atoms with Gasteiger partial charge >= 0.3 is 0 Å². The third-order valence-electron chi connectivity index (χ3n) is 5.73. The van der Waals surface area contributed by atoms with Crippen molar-refractivity contribution < 1.29 is 9.18 Å². The van der Waals surface area contributed by atoms with Crippen molar-refractivity contribution in [3.05, 3.63) is 76.7 Å². The van der Waals surface area contributed by atoms with E-state index in [0.29, 0.717) is 23.4 Å². The Labute approximate surface area is 184 Å². The second-order valence-electron chi connectivity index (χ2n) is 7.94. The van der Waals surface area contributed by atoms with Gasteiger partial charge in [0.2, 0.25) is 11.9 Å². The number of rotatable bonds is 5. The topological polar surface area (TPSA) is 97.9 Å². The van der Waals surface area contributed by atoms with E-state index >= 15 is 0 Å². The maximum atomic E-state index is 14.3. The number of hydrogen-bond donors (Lipinski definition) is 3. The molecule has 1 aliphatic heterocycles. The number of carbonyl (C=O) groups excluding carboxylic acids is 1. The number of aryl methyl sites for hydroxylation is 1. The smallest absolute Gasteiger partial charge is 0.249 e. The molecule has 5 rings (SSSR count). The third-order valence-corrected chi connectivity index (χ3v) is 5.73.